The normalized spacial score (nSPS) is 18.1. The zero-order valence-corrected chi connectivity index (χ0v) is 17.3. The lowest BCUT2D eigenvalue weighted by Crippen LogP contribution is -2.31. The van der Waals surface area contributed by atoms with Crippen molar-refractivity contribution < 1.29 is 18.7 Å². The maximum atomic E-state index is 13.2. The van der Waals surface area contributed by atoms with Crippen LogP contribution >= 0.6 is 11.8 Å². The summed E-state index contributed by atoms with van der Waals surface area (Å²) < 4.78 is 23.7. The highest BCUT2D eigenvalue weighted by molar-refractivity contribution is 8.15. The molecule has 0 spiro atoms. The number of amides is 1. The minimum absolute atomic E-state index is 0.0159. The summed E-state index contributed by atoms with van der Waals surface area (Å²) in [5.41, 5.74) is 1.56. The molecule has 3 rings (SSSR count). The summed E-state index contributed by atoms with van der Waals surface area (Å²) in [4.78, 5) is 14.3. The van der Waals surface area contributed by atoms with E-state index in [9.17, 15) is 9.18 Å². The van der Waals surface area contributed by atoms with Crippen LogP contribution in [0.2, 0.25) is 0 Å². The van der Waals surface area contributed by atoms with Crippen molar-refractivity contribution in [3.8, 4) is 11.5 Å². The molecule has 0 aliphatic carbocycles. The molecular formula is C21H22FN3O3S. The summed E-state index contributed by atoms with van der Waals surface area (Å²) >= 11 is 1.39. The number of carbonyl (C=O) groups is 1. The van der Waals surface area contributed by atoms with Crippen molar-refractivity contribution in [2.24, 2.45) is 10.2 Å². The van der Waals surface area contributed by atoms with Crippen LogP contribution in [-0.2, 0) is 11.3 Å². The molecule has 1 aliphatic heterocycles. The van der Waals surface area contributed by atoms with Gasteiger partial charge in [-0.15, -0.1) is 5.10 Å². The Kier molecular flexibility index (Phi) is 6.87. The van der Waals surface area contributed by atoms with Crippen LogP contribution < -0.4 is 9.47 Å². The number of carbonyl (C=O) groups excluding carboxylic acids is 1. The van der Waals surface area contributed by atoms with E-state index in [1.54, 1.807) is 49.6 Å². The Morgan fingerprint density at radius 1 is 1.17 bits per heavy atom. The minimum atomic E-state index is -0.311. The first-order chi connectivity index (χ1) is 14.0. The van der Waals surface area contributed by atoms with Crippen LogP contribution in [0.25, 0.3) is 0 Å². The van der Waals surface area contributed by atoms with Crippen LogP contribution in [0, 0.1) is 5.82 Å². The van der Waals surface area contributed by atoms with Crippen molar-refractivity contribution in [2.45, 2.75) is 25.1 Å². The second-order valence-corrected chi connectivity index (χ2v) is 7.47. The number of amidine groups is 1. The number of hydrogen-bond acceptors (Lipinski definition) is 6. The zero-order valence-electron chi connectivity index (χ0n) is 16.5. The van der Waals surface area contributed by atoms with Gasteiger partial charge >= 0.3 is 0 Å². The Morgan fingerprint density at radius 3 is 2.59 bits per heavy atom. The number of rotatable bonds is 7. The van der Waals surface area contributed by atoms with E-state index < -0.39 is 0 Å². The van der Waals surface area contributed by atoms with E-state index in [0.29, 0.717) is 29.6 Å². The largest absolute Gasteiger partial charge is 0.497 e. The molecule has 1 heterocycles. The van der Waals surface area contributed by atoms with Crippen LogP contribution in [0.15, 0.2) is 52.7 Å². The lowest BCUT2D eigenvalue weighted by atomic mass is 10.2. The predicted molar refractivity (Wildman–Crippen MR) is 113 cm³/mol. The van der Waals surface area contributed by atoms with Crippen molar-refractivity contribution in [1.29, 1.82) is 0 Å². The maximum Gasteiger partial charge on any atom is 0.242 e. The third-order valence-electron chi connectivity index (χ3n) is 4.43. The summed E-state index contributed by atoms with van der Waals surface area (Å²) in [5.74, 6) is 0.962. The Bertz CT molecular complexity index is 931. The predicted octanol–water partition coefficient (Wildman–Crippen LogP) is 4.09. The molecule has 1 saturated heterocycles. The summed E-state index contributed by atoms with van der Waals surface area (Å²) in [6.45, 7) is 2.28. The Morgan fingerprint density at radius 2 is 1.93 bits per heavy atom. The molecule has 1 amide bonds. The molecule has 1 atom stereocenters. The fraction of sp³-hybridized carbons (Fsp3) is 0.286. The van der Waals surface area contributed by atoms with E-state index in [4.69, 9.17) is 9.47 Å². The molecule has 152 valence electrons. The molecule has 2 aromatic rings. The number of thioether (sulfide) groups is 1. The second-order valence-electron chi connectivity index (χ2n) is 6.30. The number of nitrogens with zero attached hydrogens (tertiary/aromatic N) is 3. The van der Waals surface area contributed by atoms with Crippen molar-refractivity contribution >= 4 is 29.1 Å². The van der Waals surface area contributed by atoms with Crippen LogP contribution in [0.4, 0.5) is 4.39 Å². The standard InChI is InChI=1S/C21H22FN3O3S/c1-4-19-20(26)25(13-14-5-8-16(22)9-6-14)21(29-19)24-23-12-15-7-10-17(27-2)11-18(15)28-3/h5-12,19H,4,13H2,1-3H3. The van der Waals surface area contributed by atoms with Gasteiger partial charge in [-0.25, -0.2) is 4.39 Å². The molecule has 0 radical (unpaired) electrons. The fourth-order valence-electron chi connectivity index (χ4n) is 2.83. The average Bonchev–Trinajstić information content (AvgIpc) is 3.04. The topological polar surface area (TPSA) is 63.5 Å². The molecule has 29 heavy (non-hydrogen) atoms. The highest BCUT2D eigenvalue weighted by atomic mass is 32.2. The number of halogens is 1. The first kappa shape index (κ1) is 20.9. The number of ether oxygens (including phenoxy) is 2. The summed E-state index contributed by atoms with van der Waals surface area (Å²) in [5, 5.41) is 8.77. The number of hydrogen-bond donors (Lipinski definition) is 0. The lowest BCUT2D eigenvalue weighted by molar-refractivity contribution is -0.126. The van der Waals surface area contributed by atoms with E-state index in [1.807, 2.05) is 13.0 Å². The summed E-state index contributed by atoms with van der Waals surface area (Å²) in [6, 6.07) is 11.5. The van der Waals surface area contributed by atoms with Crippen molar-refractivity contribution in [3.05, 3.63) is 59.4 Å². The highest BCUT2D eigenvalue weighted by Gasteiger charge is 2.36. The quantitative estimate of drug-likeness (QED) is 0.505. The van der Waals surface area contributed by atoms with Gasteiger partial charge in [0.2, 0.25) is 5.91 Å². The van der Waals surface area contributed by atoms with E-state index >= 15 is 0 Å². The molecule has 8 heteroatoms. The van der Waals surface area contributed by atoms with Gasteiger partial charge in [-0.2, -0.15) is 5.10 Å². The van der Waals surface area contributed by atoms with Crippen molar-refractivity contribution in [3.63, 3.8) is 0 Å². The van der Waals surface area contributed by atoms with Gasteiger partial charge in [0, 0.05) is 11.6 Å². The molecule has 1 unspecified atom stereocenters. The minimum Gasteiger partial charge on any atom is -0.497 e. The number of methoxy groups -OCH3 is 2. The van der Waals surface area contributed by atoms with Gasteiger partial charge in [-0.05, 0) is 36.2 Å². The lowest BCUT2D eigenvalue weighted by Gasteiger charge is -2.15. The van der Waals surface area contributed by atoms with Crippen LogP contribution in [0.3, 0.4) is 0 Å². The van der Waals surface area contributed by atoms with E-state index in [-0.39, 0.29) is 17.0 Å². The van der Waals surface area contributed by atoms with E-state index in [1.165, 1.54) is 23.9 Å². The van der Waals surface area contributed by atoms with Crippen LogP contribution in [-0.4, -0.2) is 41.7 Å². The van der Waals surface area contributed by atoms with Crippen molar-refractivity contribution in [2.75, 3.05) is 14.2 Å². The molecule has 6 nitrogen and oxygen atoms in total. The van der Waals surface area contributed by atoms with Crippen LogP contribution in [0.5, 0.6) is 11.5 Å². The van der Waals surface area contributed by atoms with Gasteiger partial charge in [0.05, 0.1) is 32.2 Å². The SMILES string of the molecule is CCC1SC(=NN=Cc2ccc(OC)cc2OC)N(Cc2ccc(F)cc2)C1=O. The van der Waals surface area contributed by atoms with E-state index in [0.717, 1.165) is 11.1 Å². The van der Waals surface area contributed by atoms with Gasteiger partial charge in [0.15, 0.2) is 5.17 Å². The molecule has 1 aliphatic rings. The molecule has 0 bridgehead atoms. The smallest absolute Gasteiger partial charge is 0.242 e. The number of benzene rings is 2. The Hall–Kier alpha value is -2.87. The first-order valence-corrected chi connectivity index (χ1v) is 9.99. The monoisotopic (exact) mass is 415 g/mol. The second kappa shape index (κ2) is 9.56. The third-order valence-corrected chi connectivity index (χ3v) is 5.76. The van der Waals surface area contributed by atoms with Gasteiger partial charge in [0.1, 0.15) is 17.3 Å². The first-order valence-electron chi connectivity index (χ1n) is 9.11. The van der Waals surface area contributed by atoms with Gasteiger partial charge < -0.3 is 9.47 Å². The molecule has 0 N–H and O–H groups in total. The summed E-state index contributed by atoms with van der Waals surface area (Å²) in [6.07, 6.45) is 2.27. The van der Waals surface area contributed by atoms with Crippen molar-refractivity contribution in [1.82, 2.24) is 4.90 Å². The molecule has 0 saturated carbocycles. The fourth-order valence-corrected chi connectivity index (χ4v) is 3.85. The summed E-state index contributed by atoms with van der Waals surface area (Å²) in [7, 11) is 3.16. The Labute approximate surface area is 173 Å². The maximum absolute atomic E-state index is 13.2. The van der Waals surface area contributed by atoms with Gasteiger partial charge in [-0.3, -0.25) is 9.69 Å². The molecule has 2 aromatic carbocycles. The van der Waals surface area contributed by atoms with Crippen LogP contribution in [0.1, 0.15) is 24.5 Å². The van der Waals surface area contributed by atoms with E-state index in [2.05, 4.69) is 10.2 Å². The zero-order chi connectivity index (χ0) is 20.8. The molecule has 0 aromatic heterocycles. The molecule has 1 fully saturated rings. The van der Waals surface area contributed by atoms with Gasteiger partial charge in [-0.1, -0.05) is 30.8 Å². The third kappa shape index (κ3) is 4.95. The molecular weight excluding hydrogens is 393 g/mol. The highest BCUT2D eigenvalue weighted by Crippen LogP contribution is 2.31. The Balaban J connectivity index is 1.82. The van der Waals surface area contributed by atoms with Gasteiger partial charge in [0.25, 0.3) is 0 Å². The average molecular weight is 415 g/mol.